The van der Waals surface area contributed by atoms with Crippen molar-refractivity contribution in [3.05, 3.63) is 12.7 Å². The maximum atomic E-state index is 5.80. The topological polar surface area (TPSA) is 0 Å². The van der Waals surface area contributed by atoms with Gasteiger partial charge in [0.2, 0.25) is 0 Å². The molecule has 0 aromatic rings. The standard InChI is InChI=1S/C12H17/c1-2-12-6-9-3-10(7-12)5-11(4-9)8-12/h1-2,9-11H,3-8H2. The molecule has 0 amide bonds. The molecule has 0 atom stereocenters. The molecule has 0 spiro atoms. The lowest BCUT2D eigenvalue weighted by Crippen LogP contribution is -2.44. The summed E-state index contributed by atoms with van der Waals surface area (Å²) in [6.45, 7) is 5.80. The van der Waals surface area contributed by atoms with E-state index in [0.717, 1.165) is 17.8 Å². The van der Waals surface area contributed by atoms with Crippen LogP contribution < -0.4 is 0 Å². The van der Waals surface area contributed by atoms with Gasteiger partial charge >= 0.3 is 0 Å². The molecule has 0 heteroatoms. The third-order valence-electron chi connectivity index (χ3n) is 4.44. The second kappa shape index (κ2) is 2.16. The van der Waals surface area contributed by atoms with Crippen LogP contribution >= 0.6 is 0 Å². The van der Waals surface area contributed by atoms with Crippen LogP contribution in [0.4, 0.5) is 0 Å². The molecule has 0 aromatic heterocycles. The Labute approximate surface area is 75.0 Å². The fraction of sp³-hybridized carbons (Fsp3) is 0.833. The Morgan fingerprint density at radius 2 is 1.33 bits per heavy atom. The Hall–Kier alpha value is -0.260. The van der Waals surface area contributed by atoms with Gasteiger partial charge < -0.3 is 0 Å². The summed E-state index contributed by atoms with van der Waals surface area (Å²) in [4.78, 5) is 0. The predicted octanol–water partition coefficient (Wildman–Crippen LogP) is 3.19. The normalized spacial score (nSPS) is 55.8. The van der Waals surface area contributed by atoms with E-state index in [0.29, 0.717) is 5.41 Å². The summed E-state index contributed by atoms with van der Waals surface area (Å²) in [7, 11) is 0. The van der Waals surface area contributed by atoms with Crippen molar-refractivity contribution in [2.75, 3.05) is 0 Å². The van der Waals surface area contributed by atoms with Gasteiger partial charge in [0.15, 0.2) is 0 Å². The molecular weight excluding hydrogens is 144 g/mol. The highest BCUT2D eigenvalue weighted by atomic mass is 14.5. The quantitative estimate of drug-likeness (QED) is 0.554. The molecule has 1 radical (unpaired) electrons. The molecule has 4 saturated carbocycles. The first-order valence-electron chi connectivity index (χ1n) is 5.36. The zero-order chi connectivity index (χ0) is 8.18. The van der Waals surface area contributed by atoms with Gasteiger partial charge in [0.25, 0.3) is 0 Å². The number of allylic oxidation sites excluding steroid dienone is 1. The van der Waals surface area contributed by atoms with E-state index < -0.39 is 0 Å². The van der Waals surface area contributed by atoms with Gasteiger partial charge in [-0.2, -0.15) is 0 Å². The summed E-state index contributed by atoms with van der Waals surface area (Å²) in [6, 6.07) is 0. The summed E-state index contributed by atoms with van der Waals surface area (Å²) in [5.74, 6) is 3.11. The summed E-state index contributed by atoms with van der Waals surface area (Å²) >= 11 is 0. The first-order valence-corrected chi connectivity index (χ1v) is 5.36. The van der Waals surface area contributed by atoms with E-state index in [2.05, 4.69) is 0 Å². The monoisotopic (exact) mass is 161 g/mol. The average Bonchev–Trinajstić information content (AvgIpc) is 2.02. The molecule has 12 heavy (non-hydrogen) atoms. The van der Waals surface area contributed by atoms with Crippen LogP contribution in [-0.4, -0.2) is 0 Å². The molecule has 0 unspecified atom stereocenters. The second-order valence-electron chi connectivity index (χ2n) is 5.45. The third kappa shape index (κ3) is 0.841. The molecule has 65 valence electrons. The Kier molecular flexibility index (Phi) is 1.29. The Morgan fingerprint density at radius 1 is 0.917 bits per heavy atom. The zero-order valence-corrected chi connectivity index (χ0v) is 7.63. The van der Waals surface area contributed by atoms with E-state index in [1.54, 1.807) is 0 Å². The largest absolute Gasteiger partial charge is 0.0783 e. The van der Waals surface area contributed by atoms with Gasteiger partial charge in [-0.05, 0) is 61.7 Å². The lowest BCUT2D eigenvalue weighted by atomic mass is 9.50. The van der Waals surface area contributed by atoms with Gasteiger partial charge in [-0.15, -0.1) is 0 Å². The highest BCUT2D eigenvalue weighted by Gasteiger charge is 2.49. The third-order valence-corrected chi connectivity index (χ3v) is 4.44. The van der Waals surface area contributed by atoms with E-state index in [-0.39, 0.29) is 0 Å². The predicted molar refractivity (Wildman–Crippen MR) is 49.5 cm³/mol. The van der Waals surface area contributed by atoms with Gasteiger partial charge in [-0.1, -0.05) is 12.7 Å². The molecule has 0 nitrogen and oxygen atoms in total. The first-order chi connectivity index (χ1) is 5.80. The molecule has 4 fully saturated rings. The van der Waals surface area contributed by atoms with Crippen molar-refractivity contribution < 1.29 is 0 Å². The fourth-order valence-corrected chi connectivity index (χ4v) is 4.38. The van der Waals surface area contributed by atoms with Crippen LogP contribution in [0.2, 0.25) is 0 Å². The Balaban J connectivity index is 1.95. The highest BCUT2D eigenvalue weighted by Crippen LogP contribution is 2.60. The van der Waals surface area contributed by atoms with Crippen molar-refractivity contribution >= 4 is 0 Å². The molecule has 0 aliphatic heterocycles. The Morgan fingerprint density at radius 3 is 1.67 bits per heavy atom. The summed E-state index contributed by atoms with van der Waals surface area (Å²) < 4.78 is 0. The van der Waals surface area contributed by atoms with Crippen LogP contribution in [0.25, 0.3) is 0 Å². The molecule has 0 aromatic carbocycles. The molecule has 4 aliphatic rings. The van der Waals surface area contributed by atoms with Crippen LogP contribution in [0, 0.1) is 29.7 Å². The van der Waals surface area contributed by atoms with E-state index in [1.165, 1.54) is 38.5 Å². The van der Waals surface area contributed by atoms with Crippen LogP contribution in [-0.2, 0) is 0 Å². The van der Waals surface area contributed by atoms with Crippen LogP contribution in [0.15, 0.2) is 6.08 Å². The summed E-state index contributed by atoms with van der Waals surface area (Å²) in [5.41, 5.74) is 0.495. The smallest absolute Gasteiger partial charge is 0.0107 e. The molecule has 0 heterocycles. The lowest BCUT2D eigenvalue weighted by Gasteiger charge is -2.55. The molecule has 4 rings (SSSR count). The lowest BCUT2D eigenvalue weighted by molar-refractivity contribution is -0.0237. The van der Waals surface area contributed by atoms with Gasteiger partial charge in [-0.25, -0.2) is 0 Å². The minimum atomic E-state index is 0.495. The van der Waals surface area contributed by atoms with Crippen molar-refractivity contribution in [1.29, 1.82) is 0 Å². The van der Waals surface area contributed by atoms with Crippen molar-refractivity contribution in [3.63, 3.8) is 0 Å². The highest BCUT2D eigenvalue weighted by molar-refractivity contribution is 5.07. The fourth-order valence-electron chi connectivity index (χ4n) is 4.38. The first kappa shape index (κ1) is 7.17. The van der Waals surface area contributed by atoms with E-state index in [1.807, 2.05) is 6.08 Å². The molecule has 4 aliphatic carbocycles. The maximum absolute atomic E-state index is 5.80. The van der Waals surface area contributed by atoms with Gasteiger partial charge in [0.05, 0.1) is 0 Å². The summed E-state index contributed by atoms with van der Waals surface area (Å²) in [5, 5.41) is 0. The minimum Gasteiger partial charge on any atom is -0.0783 e. The SMILES string of the molecule is [CH]=CC12CC3CC(CC(C3)C1)C2. The van der Waals surface area contributed by atoms with Crippen LogP contribution in [0.3, 0.4) is 0 Å². The van der Waals surface area contributed by atoms with Crippen molar-refractivity contribution in [1.82, 2.24) is 0 Å². The molecule has 0 saturated heterocycles. The van der Waals surface area contributed by atoms with Crippen molar-refractivity contribution in [3.8, 4) is 0 Å². The molecular formula is C12H17. The van der Waals surface area contributed by atoms with Crippen LogP contribution in [0.1, 0.15) is 38.5 Å². The van der Waals surface area contributed by atoms with Crippen LogP contribution in [0.5, 0.6) is 0 Å². The van der Waals surface area contributed by atoms with Crippen molar-refractivity contribution in [2.45, 2.75) is 38.5 Å². The van der Waals surface area contributed by atoms with Gasteiger partial charge in [-0.3, -0.25) is 0 Å². The van der Waals surface area contributed by atoms with E-state index in [4.69, 9.17) is 6.58 Å². The summed E-state index contributed by atoms with van der Waals surface area (Å²) in [6.07, 6.45) is 10.8. The Bertz CT molecular complexity index is 179. The number of hydrogen-bond donors (Lipinski definition) is 0. The minimum absolute atomic E-state index is 0.495. The average molecular weight is 161 g/mol. The molecule has 0 N–H and O–H groups in total. The van der Waals surface area contributed by atoms with Gasteiger partial charge in [0.1, 0.15) is 0 Å². The zero-order valence-electron chi connectivity index (χ0n) is 7.63. The van der Waals surface area contributed by atoms with Crippen molar-refractivity contribution in [2.24, 2.45) is 23.2 Å². The maximum Gasteiger partial charge on any atom is -0.0107 e. The van der Waals surface area contributed by atoms with Gasteiger partial charge in [0, 0.05) is 0 Å². The van der Waals surface area contributed by atoms with E-state index in [9.17, 15) is 0 Å². The number of hydrogen-bond acceptors (Lipinski definition) is 0. The number of rotatable bonds is 1. The second-order valence-corrected chi connectivity index (χ2v) is 5.45. The molecule has 4 bridgehead atoms. The van der Waals surface area contributed by atoms with E-state index >= 15 is 0 Å².